The van der Waals surface area contributed by atoms with E-state index in [0.717, 1.165) is 0 Å². The van der Waals surface area contributed by atoms with Crippen LogP contribution in [0.3, 0.4) is 0 Å². The zero-order valence-corrected chi connectivity index (χ0v) is 13.3. The molecule has 0 bridgehead atoms. The molecule has 0 radical (unpaired) electrons. The molecule has 142 valence electrons. The van der Waals surface area contributed by atoms with Crippen LogP contribution in [0.5, 0.6) is 0 Å². The molecule has 0 fully saturated rings. The van der Waals surface area contributed by atoms with Gasteiger partial charge in [-0.2, -0.15) is 39.5 Å². The summed E-state index contributed by atoms with van der Waals surface area (Å²) < 4.78 is 167. The number of hydrogen-bond acceptors (Lipinski definition) is 6. The maximum Gasteiger partial charge on any atom is 0.470 e. The zero-order valence-electron chi connectivity index (χ0n) is 9.65. The van der Waals surface area contributed by atoms with Crippen molar-refractivity contribution in [1.29, 1.82) is 0 Å². The van der Waals surface area contributed by atoms with E-state index in [-0.39, 0.29) is 13.5 Å². The van der Waals surface area contributed by atoms with Crippen LogP contribution in [0.1, 0.15) is 0 Å². The highest BCUT2D eigenvalue weighted by molar-refractivity contribution is 8.29. The SMILES string of the molecule is O=S(=O)([C-](S(=O)(=O)C(F)(F)F)S(=O)(=O)C(F)(F)F)C(F)(F)F.[SH3+]. The van der Waals surface area contributed by atoms with Crippen LogP contribution in [-0.4, -0.2) is 41.8 Å². The molecular weight excluding hydrogens is 443 g/mol. The van der Waals surface area contributed by atoms with Crippen molar-refractivity contribution in [2.24, 2.45) is 0 Å². The van der Waals surface area contributed by atoms with Crippen molar-refractivity contribution in [3.63, 3.8) is 0 Å². The lowest BCUT2D eigenvalue weighted by molar-refractivity contribution is -0.0471. The first-order valence-electron chi connectivity index (χ1n) is 3.93. The second-order valence-electron chi connectivity index (χ2n) is 3.10. The Morgan fingerprint density at radius 1 is 0.478 bits per heavy atom. The van der Waals surface area contributed by atoms with Crippen LogP contribution in [0.15, 0.2) is 0 Å². The molecule has 23 heavy (non-hydrogen) atoms. The number of hydrogen-bond donors (Lipinski definition) is 0. The van der Waals surface area contributed by atoms with E-state index >= 15 is 0 Å². The predicted octanol–water partition coefficient (Wildman–Crippen LogP) is 0.432. The molecular formula is C4H3F9O6S4. The van der Waals surface area contributed by atoms with Crippen molar-refractivity contribution >= 4 is 43.0 Å². The fourth-order valence-electron chi connectivity index (χ4n) is 0.717. The zero-order chi connectivity index (χ0) is 18.6. The highest BCUT2D eigenvalue weighted by atomic mass is 32.3. The molecule has 6 nitrogen and oxygen atoms in total. The van der Waals surface area contributed by atoms with E-state index in [1.165, 1.54) is 0 Å². The molecule has 0 aliphatic heterocycles. The Labute approximate surface area is 128 Å². The van der Waals surface area contributed by atoms with E-state index in [2.05, 4.69) is 0 Å². The molecule has 19 heteroatoms. The Balaban J connectivity index is 0. The molecule has 0 spiro atoms. The monoisotopic (exact) mass is 446 g/mol. The Kier molecular flexibility index (Phi) is 6.62. The van der Waals surface area contributed by atoms with E-state index in [9.17, 15) is 64.8 Å². The first kappa shape index (κ1) is 24.8. The summed E-state index contributed by atoms with van der Waals surface area (Å²) in [7, 11) is -24.1. The number of sulfone groups is 3. The average Bonchev–Trinajstić information content (AvgIpc) is 2.09. The summed E-state index contributed by atoms with van der Waals surface area (Å²) in [5, 5.41) is 0. The quantitative estimate of drug-likeness (QED) is 0.354. The molecule has 0 atom stereocenters. The largest absolute Gasteiger partial charge is 0.470 e. The minimum atomic E-state index is -8.02. The molecule has 0 aliphatic carbocycles. The van der Waals surface area contributed by atoms with Crippen molar-refractivity contribution in [3.05, 3.63) is 3.91 Å². The molecule has 0 saturated carbocycles. The van der Waals surface area contributed by atoms with Gasteiger partial charge in [0, 0.05) is 0 Å². The normalized spacial score (nSPS) is 15.4. The van der Waals surface area contributed by atoms with Crippen molar-refractivity contribution < 1.29 is 64.8 Å². The predicted molar refractivity (Wildman–Crippen MR) is 59.7 cm³/mol. The van der Waals surface area contributed by atoms with E-state index in [1.807, 2.05) is 0 Å². The van der Waals surface area contributed by atoms with Crippen LogP contribution in [0.25, 0.3) is 0 Å². The van der Waals surface area contributed by atoms with E-state index in [4.69, 9.17) is 0 Å². The molecule has 0 heterocycles. The van der Waals surface area contributed by atoms with Gasteiger partial charge in [-0.3, -0.25) is 25.3 Å². The van der Waals surface area contributed by atoms with Gasteiger partial charge in [-0.1, -0.05) is 13.5 Å². The standard InChI is InChI=1S/C4F9O6S3.H2S/c5-2(6,7)20(14,15)1(21(16,17)3(8,9)10)22(18,19)4(11,12)13;/h;1H2/q-1;/p+1. The molecule has 0 N–H and O–H groups in total. The number of halogens is 9. The van der Waals surface area contributed by atoms with Crippen LogP contribution in [0.4, 0.5) is 39.5 Å². The van der Waals surface area contributed by atoms with Crippen molar-refractivity contribution in [2.75, 3.05) is 0 Å². The summed E-state index contributed by atoms with van der Waals surface area (Å²) in [5.74, 6) is 0. The van der Waals surface area contributed by atoms with Gasteiger partial charge in [-0.05, 0) is 0 Å². The third-order valence-corrected chi connectivity index (χ3v) is 8.67. The summed E-state index contributed by atoms with van der Waals surface area (Å²) in [6, 6.07) is 0. The van der Waals surface area contributed by atoms with Gasteiger partial charge in [0.05, 0.1) is 3.91 Å². The van der Waals surface area contributed by atoms with Gasteiger partial charge in [0.15, 0.2) is 29.5 Å². The summed E-state index contributed by atoms with van der Waals surface area (Å²) >= 11 is 0. The molecule has 0 aromatic heterocycles. The minimum absolute atomic E-state index is 0. The van der Waals surface area contributed by atoms with Gasteiger partial charge in [0.2, 0.25) is 0 Å². The average molecular weight is 446 g/mol. The molecule has 0 saturated heterocycles. The fraction of sp³-hybridized carbons (Fsp3) is 0.750. The lowest BCUT2D eigenvalue weighted by Crippen LogP contribution is -2.47. The fourth-order valence-corrected chi connectivity index (χ4v) is 6.45. The lowest BCUT2D eigenvalue weighted by atomic mass is 11.5. The summed E-state index contributed by atoms with van der Waals surface area (Å²) in [6.45, 7) is 0. The van der Waals surface area contributed by atoms with Gasteiger partial charge >= 0.3 is 16.5 Å². The van der Waals surface area contributed by atoms with Gasteiger partial charge in [0.1, 0.15) is 0 Å². The van der Waals surface area contributed by atoms with E-state index in [1.54, 1.807) is 0 Å². The maximum absolute atomic E-state index is 12.0. The second-order valence-corrected chi connectivity index (χ2v) is 9.51. The summed E-state index contributed by atoms with van der Waals surface area (Å²) in [5.41, 5.74) is -21.2. The smallest absolute Gasteiger partial charge is 0.251 e. The van der Waals surface area contributed by atoms with Gasteiger partial charge in [-0.25, -0.2) is 0 Å². The summed E-state index contributed by atoms with van der Waals surface area (Å²) in [4.78, 5) is 0. The van der Waals surface area contributed by atoms with Crippen LogP contribution in [0.2, 0.25) is 0 Å². The third-order valence-electron chi connectivity index (χ3n) is 1.57. The molecule has 0 amide bonds. The molecule has 0 aliphatic rings. The minimum Gasteiger partial charge on any atom is -0.251 e. The van der Waals surface area contributed by atoms with Gasteiger partial charge in [0.25, 0.3) is 0 Å². The second kappa shape index (κ2) is 6.14. The van der Waals surface area contributed by atoms with Gasteiger partial charge < -0.3 is 0 Å². The Hall–Kier alpha value is -0.430. The molecule has 0 aromatic rings. The highest BCUT2D eigenvalue weighted by Crippen LogP contribution is 2.47. The Bertz CT molecular complexity index is 631. The molecule has 0 aromatic carbocycles. The topological polar surface area (TPSA) is 102 Å². The Morgan fingerprint density at radius 2 is 0.609 bits per heavy atom. The van der Waals surface area contributed by atoms with Crippen LogP contribution in [0, 0.1) is 3.91 Å². The third kappa shape index (κ3) is 4.16. The summed E-state index contributed by atoms with van der Waals surface area (Å²) in [6.07, 6.45) is 0. The maximum atomic E-state index is 12.0. The van der Waals surface area contributed by atoms with Crippen LogP contribution in [-0.2, 0) is 43.0 Å². The first-order chi connectivity index (χ1) is 9.12. The Morgan fingerprint density at radius 3 is 0.696 bits per heavy atom. The van der Waals surface area contributed by atoms with Crippen LogP contribution < -0.4 is 0 Å². The first-order valence-corrected chi connectivity index (χ1v) is 8.38. The van der Waals surface area contributed by atoms with E-state index in [0.29, 0.717) is 0 Å². The molecule has 0 unspecified atom stereocenters. The number of rotatable bonds is 3. The lowest BCUT2D eigenvalue weighted by Gasteiger charge is -2.31. The van der Waals surface area contributed by atoms with Crippen molar-refractivity contribution in [1.82, 2.24) is 0 Å². The van der Waals surface area contributed by atoms with E-state index < -0.39 is 50.0 Å². The van der Waals surface area contributed by atoms with Gasteiger partial charge in [-0.15, -0.1) is 0 Å². The number of alkyl halides is 9. The van der Waals surface area contributed by atoms with Crippen molar-refractivity contribution in [3.8, 4) is 0 Å². The molecule has 0 rings (SSSR count). The van der Waals surface area contributed by atoms with Crippen molar-refractivity contribution in [2.45, 2.75) is 16.5 Å². The highest BCUT2D eigenvalue weighted by Gasteiger charge is 2.63. The van der Waals surface area contributed by atoms with Crippen LogP contribution >= 0.6 is 0 Å².